The summed E-state index contributed by atoms with van der Waals surface area (Å²) < 4.78 is 92.4. The van der Waals surface area contributed by atoms with Crippen LogP contribution in [-0.2, 0) is 32.0 Å². The van der Waals surface area contributed by atoms with Crippen LogP contribution >= 0.6 is 11.3 Å². The summed E-state index contributed by atoms with van der Waals surface area (Å²) in [4.78, 5) is 36.8. The van der Waals surface area contributed by atoms with Gasteiger partial charge in [-0.15, -0.1) is 0 Å². The number of hydrogen-bond donors (Lipinski definition) is 3. The van der Waals surface area contributed by atoms with Crippen LogP contribution in [0.2, 0.25) is 0 Å². The largest absolute Gasteiger partial charge is 0.491 e. The number of rotatable bonds is 16. The predicted octanol–water partition coefficient (Wildman–Crippen LogP) is 6.61. The van der Waals surface area contributed by atoms with Crippen molar-refractivity contribution in [3.63, 3.8) is 0 Å². The van der Waals surface area contributed by atoms with E-state index >= 15 is 0 Å². The number of fused-ring (bicyclic) bond motifs is 1. The Balaban J connectivity index is 1.42. The van der Waals surface area contributed by atoms with E-state index in [1.165, 1.54) is 0 Å². The maximum atomic E-state index is 13.2. The molecular weight excluding hydrogens is 692 g/mol. The molecule has 1 heterocycles. The highest BCUT2D eigenvalue weighted by molar-refractivity contribution is 7.16. The van der Waals surface area contributed by atoms with Gasteiger partial charge >= 0.3 is 29.2 Å². The second-order valence-corrected chi connectivity index (χ2v) is 12.4. The van der Waals surface area contributed by atoms with E-state index in [0.717, 1.165) is 47.4 Å². The zero-order chi connectivity index (χ0) is 36.5. The van der Waals surface area contributed by atoms with Gasteiger partial charge in [-0.25, -0.2) is 9.59 Å². The molecule has 0 aliphatic heterocycles. The van der Waals surface area contributed by atoms with Crippen LogP contribution in [0.3, 0.4) is 0 Å². The van der Waals surface area contributed by atoms with E-state index in [-0.39, 0.29) is 35.0 Å². The number of thiazole rings is 1. The summed E-state index contributed by atoms with van der Waals surface area (Å²) >= 11 is 0.442. The summed E-state index contributed by atoms with van der Waals surface area (Å²) in [5.74, 6) is -5.74. The highest BCUT2D eigenvalue weighted by Crippen LogP contribution is 2.35. The molecule has 50 heavy (non-hydrogen) atoms. The number of benzene rings is 3. The number of alkyl halides is 6. The maximum absolute atomic E-state index is 13.2. The summed E-state index contributed by atoms with van der Waals surface area (Å²) in [5, 5.41) is 6.39. The van der Waals surface area contributed by atoms with Crippen molar-refractivity contribution < 1.29 is 50.1 Å². The molecule has 0 aliphatic rings. The number of carbonyl (C=O) groups is 2. The third-order valence-corrected chi connectivity index (χ3v) is 8.23. The van der Waals surface area contributed by atoms with Gasteiger partial charge in [-0.05, 0) is 74.2 Å². The lowest BCUT2D eigenvalue weighted by Gasteiger charge is -2.21. The zero-order valence-electron chi connectivity index (χ0n) is 27.0. The number of nitrogens with one attached hydrogen (secondary N) is 3. The quantitative estimate of drug-likeness (QED) is 0.0511. The fraction of sp³-hybridized carbons (Fsp3) is 0.382. The van der Waals surface area contributed by atoms with E-state index in [1.54, 1.807) is 0 Å². The Hall–Kier alpha value is -4.25. The summed E-state index contributed by atoms with van der Waals surface area (Å²) in [6, 6.07) is 17.7. The molecule has 0 spiro atoms. The molecule has 0 radical (unpaired) electrons. The lowest BCUT2D eigenvalue weighted by molar-refractivity contribution is -0.205. The first-order chi connectivity index (χ1) is 23.6. The number of carbonyl (C=O) groups excluding carboxylic acids is 2. The topological polar surface area (TPSA) is 119 Å². The van der Waals surface area contributed by atoms with Crippen molar-refractivity contribution in [2.75, 3.05) is 26.2 Å². The number of aromatic amines is 1. The van der Waals surface area contributed by atoms with Crippen molar-refractivity contribution in [2.45, 2.75) is 57.8 Å². The summed E-state index contributed by atoms with van der Waals surface area (Å²) in [7, 11) is 0. The standard InChI is InChI=1S/C34H35F6N3O6S/c1-20(2)47-17-5-15-41-18-23-6-3-4-7-24(23)22-10-8-21(9-11-22)14-16-42-19-27(49-31(45)34(38,39)40)25-12-13-26(48-30(44)33(35,36)37)28-29(25)50-32(46)43-28/h3-4,6-13,20,27,41-42H,5,14-19H2,1-2H3,(H,43,46)/t27-/m0/s1. The van der Waals surface area contributed by atoms with Crippen molar-refractivity contribution in [2.24, 2.45) is 0 Å². The van der Waals surface area contributed by atoms with Gasteiger partial charge in [-0.1, -0.05) is 59.9 Å². The lowest BCUT2D eigenvalue weighted by atomic mass is 9.98. The van der Waals surface area contributed by atoms with Crippen molar-refractivity contribution in [3.8, 4) is 16.9 Å². The Morgan fingerprint density at radius 1 is 0.880 bits per heavy atom. The Morgan fingerprint density at radius 2 is 1.58 bits per heavy atom. The second-order valence-electron chi connectivity index (χ2n) is 11.4. The molecule has 0 saturated carbocycles. The smallest absolute Gasteiger partial charge is 0.449 e. The van der Waals surface area contributed by atoms with Crippen LogP contribution in [0.4, 0.5) is 26.3 Å². The molecule has 1 atom stereocenters. The Bertz CT molecular complexity index is 1800. The third-order valence-electron chi connectivity index (χ3n) is 7.30. The fourth-order valence-electron chi connectivity index (χ4n) is 4.95. The second kappa shape index (κ2) is 17.1. The van der Waals surface area contributed by atoms with E-state index < -0.39 is 41.0 Å². The van der Waals surface area contributed by atoms with E-state index in [1.807, 2.05) is 56.3 Å². The normalized spacial score (nSPS) is 12.7. The van der Waals surface area contributed by atoms with Crippen LogP contribution in [0.25, 0.3) is 21.3 Å². The van der Waals surface area contributed by atoms with Gasteiger partial charge in [0.1, 0.15) is 11.6 Å². The number of H-pyrrole nitrogens is 1. The van der Waals surface area contributed by atoms with Gasteiger partial charge in [-0.3, -0.25) is 4.79 Å². The lowest BCUT2D eigenvalue weighted by Crippen LogP contribution is -2.32. The molecule has 3 N–H and O–H groups in total. The summed E-state index contributed by atoms with van der Waals surface area (Å²) in [5.41, 5.74) is 3.63. The molecule has 9 nitrogen and oxygen atoms in total. The first kappa shape index (κ1) is 38.6. The average Bonchev–Trinajstić information content (AvgIpc) is 3.45. The highest BCUT2D eigenvalue weighted by atomic mass is 32.1. The van der Waals surface area contributed by atoms with Crippen molar-refractivity contribution in [1.82, 2.24) is 15.6 Å². The molecule has 0 unspecified atom stereocenters. The minimum Gasteiger partial charge on any atom is -0.449 e. The summed E-state index contributed by atoms with van der Waals surface area (Å²) in [6.45, 7) is 6.06. The SMILES string of the molecule is CC(C)OCCCNCc1ccccc1-c1ccc(CCNC[C@H](OC(=O)C(F)(F)F)c2ccc(OC(=O)C(F)(F)F)c3[nH]c(=O)sc23)cc1. The van der Waals surface area contributed by atoms with Gasteiger partial charge in [0.15, 0.2) is 5.75 Å². The molecule has 270 valence electrons. The third kappa shape index (κ3) is 10.9. The van der Waals surface area contributed by atoms with Crippen LogP contribution in [0.5, 0.6) is 5.75 Å². The Kier molecular flexibility index (Phi) is 13.2. The monoisotopic (exact) mass is 727 g/mol. The van der Waals surface area contributed by atoms with Crippen LogP contribution in [0, 0.1) is 0 Å². The van der Waals surface area contributed by atoms with E-state index in [4.69, 9.17) is 9.47 Å². The molecule has 0 amide bonds. The molecule has 4 aromatic rings. The minimum absolute atomic E-state index is 0.110. The first-order valence-electron chi connectivity index (χ1n) is 15.6. The van der Waals surface area contributed by atoms with Gasteiger partial charge in [0.05, 0.1) is 10.8 Å². The van der Waals surface area contributed by atoms with Crippen LogP contribution in [-0.4, -0.2) is 61.6 Å². The number of esters is 2. The molecule has 0 saturated heterocycles. The van der Waals surface area contributed by atoms with Crippen molar-refractivity contribution in [3.05, 3.63) is 87.0 Å². The molecule has 3 aromatic carbocycles. The molecular formula is C34H35F6N3O6S. The molecule has 4 rings (SSSR count). The Morgan fingerprint density at radius 3 is 2.26 bits per heavy atom. The van der Waals surface area contributed by atoms with Crippen molar-refractivity contribution >= 4 is 33.5 Å². The highest BCUT2D eigenvalue weighted by Gasteiger charge is 2.43. The number of aromatic nitrogens is 1. The number of ether oxygens (including phenoxy) is 3. The van der Waals surface area contributed by atoms with Crippen LogP contribution in [0.1, 0.15) is 43.1 Å². The molecule has 1 aromatic heterocycles. The predicted molar refractivity (Wildman–Crippen MR) is 175 cm³/mol. The van der Waals surface area contributed by atoms with Gasteiger partial charge in [0, 0.05) is 25.3 Å². The van der Waals surface area contributed by atoms with E-state index in [2.05, 4.69) is 26.4 Å². The van der Waals surface area contributed by atoms with E-state index in [9.17, 15) is 40.7 Å². The van der Waals surface area contributed by atoms with Gasteiger partial charge in [0.25, 0.3) is 0 Å². The van der Waals surface area contributed by atoms with E-state index in [0.29, 0.717) is 30.9 Å². The molecule has 0 aliphatic carbocycles. The van der Waals surface area contributed by atoms with Crippen LogP contribution < -0.4 is 20.2 Å². The van der Waals surface area contributed by atoms with Crippen molar-refractivity contribution in [1.29, 1.82) is 0 Å². The molecule has 0 fully saturated rings. The summed E-state index contributed by atoms with van der Waals surface area (Å²) in [6.07, 6.45) is -10.8. The fourth-order valence-corrected chi connectivity index (χ4v) is 5.86. The minimum atomic E-state index is -5.35. The van der Waals surface area contributed by atoms with Gasteiger partial charge < -0.3 is 29.8 Å². The molecule has 0 bridgehead atoms. The zero-order valence-corrected chi connectivity index (χ0v) is 27.8. The number of halogens is 6. The molecule has 16 heteroatoms. The average molecular weight is 728 g/mol. The van der Waals surface area contributed by atoms with Gasteiger partial charge in [0.2, 0.25) is 0 Å². The maximum Gasteiger partial charge on any atom is 0.491 e. The van der Waals surface area contributed by atoms with Gasteiger partial charge in [-0.2, -0.15) is 26.3 Å². The Labute approximate surface area is 286 Å². The first-order valence-corrected chi connectivity index (χ1v) is 16.4. The number of hydrogen-bond acceptors (Lipinski definition) is 9. The van der Waals surface area contributed by atoms with Crippen LogP contribution in [0.15, 0.2) is 65.5 Å².